The van der Waals surface area contributed by atoms with Gasteiger partial charge in [0.2, 0.25) is 0 Å². The van der Waals surface area contributed by atoms with Crippen LogP contribution < -0.4 is 5.32 Å². The molecule has 0 spiro atoms. The van der Waals surface area contributed by atoms with Crippen molar-refractivity contribution in [2.45, 2.75) is 39.2 Å². The zero-order chi connectivity index (χ0) is 15.4. The highest BCUT2D eigenvalue weighted by Gasteiger charge is 2.33. The van der Waals surface area contributed by atoms with Crippen molar-refractivity contribution < 1.29 is 0 Å². The molecule has 3 heterocycles. The van der Waals surface area contributed by atoms with Crippen LogP contribution in [0, 0.1) is 11.8 Å². The van der Waals surface area contributed by atoms with Crippen LogP contribution in [0.25, 0.3) is 0 Å². The van der Waals surface area contributed by atoms with Crippen LogP contribution in [0.4, 0.5) is 0 Å². The standard InChI is InChI=1S/C18H36N4/c1-3-20-10-12-21(13-11-20)15-17-4-7-19-14-18(17)22-8-5-16(2)6-9-22/h16-19H,3-15H2,1-2H3. The summed E-state index contributed by atoms with van der Waals surface area (Å²) < 4.78 is 0. The van der Waals surface area contributed by atoms with Crippen molar-refractivity contribution in [3.05, 3.63) is 0 Å². The molecule has 22 heavy (non-hydrogen) atoms. The fourth-order valence-electron chi connectivity index (χ4n) is 4.52. The van der Waals surface area contributed by atoms with Crippen molar-refractivity contribution in [2.24, 2.45) is 11.8 Å². The molecule has 2 unspecified atom stereocenters. The zero-order valence-corrected chi connectivity index (χ0v) is 14.8. The Morgan fingerprint density at radius 1 is 0.909 bits per heavy atom. The van der Waals surface area contributed by atoms with E-state index in [9.17, 15) is 0 Å². The number of piperazine rings is 1. The average molecular weight is 309 g/mol. The third kappa shape index (κ3) is 4.22. The van der Waals surface area contributed by atoms with Crippen molar-refractivity contribution >= 4 is 0 Å². The first-order valence-corrected chi connectivity index (χ1v) is 9.65. The second-order valence-electron chi connectivity index (χ2n) is 7.77. The SMILES string of the molecule is CCN1CCN(CC2CCNCC2N2CCC(C)CC2)CC1. The van der Waals surface area contributed by atoms with E-state index in [2.05, 4.69) is 33.9 Å². The number of nitrogens with zero attached hydrogens (tertiary/aromatic N) is 3. The summed E-state index contributed by atoms with van der Waals surface area (Å²) in [5.74, 6) is 1.82. The summed E-state index contributed by atoms with van der Waals surface area (Å²) in [5, 5.41) is 3.66. The van der Waals surface area contributed by atoms with Crippen molar-refractivity contribution in [2.75, 3.05) is 65.4 Å². The van der Waals surface area contributed by atoms with Gasteiger partial charge < -0.3 is 15.1 Å². The van der Waals surface area contributed by atoms with Gasteiger partial charge in [-0.2, -0.15) is 0 Å². The summed E-state index contributed by atoms with van der Waals surface area (Å²) in [7, 11) is 0. The molecule has 0 bridgehead atoms. The molecule has 3 fully saturated rings. The van der Waals surface area contributed by atoms with Gasteiger partial charge in [0.15, 0.2) is 0 Å². The summed E-state index contributed by atoms with van der Waals surface area (Å²) >= 11 is 0. The van der Waals surface area contributed by atoms with E-state index in [1.165, 1.54) is 84.7 Å². The van der Waals surface area contributed by atoms with Gasteiger partial charge in [0.05, 0.1) is 0 Å². The predicted molar refractivity (Wildman–Crippen MR) is 93.3 cm³/mol. The van der Waals surface area contributed by atoms with Crippen LogP contribution in [0.2, 0.25) is 0 Å². The minimum absolute atomic E-state index is 0.783. The summed E-state index contributed by atoms with van der Waals surface area (Å²) in [6.07, 6.45) is 4.17. The molecule has 4 nitrogen and oxygen atoms in total. The number of likely N-dealkylation sites (tertiary alicyclic amines) is 1. The van der Waals surface area contributed by atoms with Crippen LogP contribution in [0.5, 0.6) is 0 Å². The van der Waals surface area contributed by atoms with E-state index in [-0.39, 0.29) is 0 Å². The average Bonchev–Trinajstić information content (AvgIpc) is 2.57. The topological polar surface area (TPSA) is 21.8 Å². The Hall–Kier alpha value is -0.160. The van der Waals surface area contributed by atoms with E-state index in [0.717, 1.165) is 17.9 Å². The van der Waals surface area contributed by atoms with Crippen molar-refractivity contribution in [3.8, 4) is 0 Å². The van der Waals surface area contributed by atoms with Gasteiger partial charge in [-0.05, 0) is 57.3 Å². The fraction of sp³-hybridized carbons (Fsp3) is 1.00. The maximum atomic E-state index is 3.66. The Labute approximate surface area is 137 Å². The lowest BCUT2D eigenvalue weighted by Gasteiger charge is -2.45. The molecule has 0 aromatic heterocycles. The minimum Gasteiger partial charge on any atom is -0.315 e. The highest BCUT2D eigenvalue weighted by atomic mass is 15.3. The molecule has 128 valence electrons. The van der Waals surface area contributed by atoms with E-state index in [1.807, 2.05) is 0 Å². The molecule has 3 rings (SSSR count). The van der Waals surface area contributed by atoms with Gasteiger partial charge in [-0.3, -0.25) is 4.90 Å². The lowest BCUT2D eigenvalue weighted by Crippen LogP contribution is -2.57. The molecule has 4 heteroatoms. The van der Waals surface area contributed by atoms with Crippen LogP contribution in [0.1, 0.15) is 33.1 Å². The van der Waals surface area contributed by atoms with Gasteiger partial charge in [-0.1, -0.05) is 13.8 Å². The summed E-state index contributed by atoms with van der Waals surface area (Å²) in [6, 6.07) is 0.783. The zero-order valence-electron chi connectivity index (χ0n) is 14.8. The van der Waals surface area contributed by atoms with E-state index in [0.29, 0.717) is 0 Å². The van der Waals surface area contributed by atoms with E-state index >= 15 is 0 Å². The second-order valence-corrected chi connectivity index (χ2v) is 7.77. The molecular weight excluding hydrogens is 272 g/mol. The molecule has 0 amide bonds. The number of hydrogen-bond donors (Lipinski definition) is 1. The Morgan fingerprint density at radius 2 is 1.59 bits per heavy atom. The third-order valence-corrected chi connectivity index (χ3v) is 6.28. The van der Waals surface area contributed by atoms with E-state index < -0.39 is 0 Å². The minimum atomic E-state index is 0.783. The first-order chi connectivity index (χ1) is 10.8. The van der Waals surface area contributed by atoms with Gasteiger partial charge >= 0.3 is 0 Å². The first-order valence-electron chi connectivity index (χ1n) is 9.65. The number of nitrogens with one attached hydrogen (secondary N) is 1. The smallest absolute Gasteiger partial charge is 0.0261 e. The molecule has 0 aromatic rings. The molecule has 0 aromatic carbocycles. The highest BCUT2D eigenvalue weighted by molar-refractivity contribution is 4.90. The van der Waals surface area contributed by atoms with Crippen LogP contribution in [0.15, 0.2) is 0 Å². The van der Waals surface area contributed by atoms with E-state index in [4.69, 9.17) is 0 Å². The van der Waals surface area contributed by atoms with Crippen LogP contribution >= 0.6 is 0 Å². The fourth-order valence-corrected chi connectivity index (χ4v) is 4.52. The van der Waals surface area contributed by atoms with Gasteiger partial charge in [0.1, 0.15) is 0 Å². The highest BCUT2D eigenvalue weighted by Crippen LogP contribution is 2.25. The van der Waals surface area contributed by atoms with Crippen LogP contribution in [-0.2, 0) is 0 Å². The number of rotatable bonds is 4. The van der Waals surface area contributed by atoms with Gasteiger partial charge in [-0.25, -0.2) is 0 Å². The van der Waals surface area contributed by atoms with Gasteiger partial charge in [0, 0.05) is 45.3 Å². The Balaban J connectivity index is 1.52. The molecule has 0 radical (unpaired) electrons. The molecular formula is C18H36N4. The largest absolute Gasteiger partial charge is 0.315 e. The molecule has 3 aliphatic rings. The Bertz CT molecular complexity index is 319. The van der Waals surface area contributed by atoms with Crippen molar-refractivity contribution in [1.82, 2.24) is 20.0 Å². The van der Waals surface area contributed by atoms with Crippen molar-refractivity contribution in [3.63, 3.8) is 0 Å². The lowest BCUT2D eigenvalue weighted by molar-refractivity contribution is 0.0476. The van der Waals surface area contributed by atoms with Gasteiger partial charge in [0.25, 0.3) is 0 Å². The Kier molecular flexibility index (Phi) is 6.14. The lowest BCUT2D eigenvalue weighted by atomic mass is 9.88. The predicted octanol–water partition coefficient (Wildman–Crippen LogP) is 1.33. The molecule has 2 atom stereocenters. The monoisotopic (exact) mass is 308 g/mol. The first kappa shape index (κ1) is 16.7. The summed E-state index contributed by atoms with van der Waals surface area (Å²) in [5.41, 5.74) is 0. The number of hydrogen-bond acceptors (Lipinski definition) is 4. The van der Waals surface area contributed by atoms with Crippen LogP contribution in [-0.4, -0.2) is 86.2 Å². The van der Waals surface area contributed by atoms with Gasteiger partial charge in [-0.15, -0.1) is 0 Å². The molecule has 3 saturated heterocycles. The normalized spacial score (nSPS) is 34.1. The van der Waals surface area contributed by atoms with Crippen molar-refractivity contribution in [1.29, 1.82) is 0 Å². The molecule has 3 aliphatic heterocycles. The van der Waals surface area contributed by atoms with E-state index in [1.54, 1.807) is 0 Å². The Morgan fingerprint density at radius 3 is 2.27 bits per heavy atom. The third-order valence-electron chi connectivity index (χ3n) is 6.28. The summed E-state index contributed by atoms with van der Waals surface area (Å²) in [4.78, 5) is 8.13. The maximum absolute atomic E-state index is 3.66. The molecule has 1 N–H and O–H groups in total. The summed E-state index contributed by atoms with van der Waals surface area (Å²) in [6.45, 7) is 17.4. The second kappa shape index (κ2) is 8.09. The van der Waals surface area contributed by atoms with Crippen LogP contribution in [0.3, 0.4) is 0 Å². The molecule has 0 saturated carbocycles. The number of piperidine rings is 2. The molecule has 0 aliphatic carbocycles. The maximum Gasteiger partial charge on any atom is 0.0261 e. The quantitative estimate of drug-likeness (QED) is 0.846. The number of likely N-dealkylation sites (N-methyl/N-ethyl adjacent to an activating group) is 1.